The van der Waals surface area contributed by atoms with E-state index in [1.807, 2.05) is 23.1 Å². The molecule has 2 aliphatic heterocycles. The SMILES string of the molecule is O=C(c1ccco1)N1CCC(C(=O)N2CCC[C@@H]2c2nc3ccccc3s2)CC1. The number of thiazole rings is 1. The van der Waals surface area contributed by atoms with Crippen molar-refractivity contribution in [3.63, 3.8) is 0 Å². The Morgan fingerprint density at radius 1 is 1.03 bits per heavy atom. The Morgan fingerprint density at radius 3 is 2.62 bits per heavy atom. The lowest BCUT2D eigenvalue weighted by atomic mass is 9.94. The van der Waals surface area contributed by atoms with Gasteiger partial charge in [-0.2, -0.15) is 0 Å². The Kier molecular flexibility index (Phi) is 4.83. The molecule has 150 valence electrons. The number of hydrogen-bond donors (Lipinski definition) is 0. The van der Waals surface area contributed by atoms with Gasteiger partial charge in [0, 0.05) is 25.6 Å². The third-order valence-electron chi connectivity index (χ3n) is 5.99. The van der Waals surface area contributed by atoms with Gasteiger partial charge in [0.2, 0.25) is 5.91 Å². The van der Waals surface area contributed by atoms with Crippen LogP contribution < -0.4 is 0 Å². The molecule has 0 saturated carbocycles. The molecule has 2 fully saturated rings. The van der Waals surface area contributed by atoms with Crippen molar-refractivity contribution in [3.8, 4) is 0 Å². The smallest absolute Gasteiger partial charge is 0.289 e. The monoisotopic (exact) mass is 409 g/mol. The molecule has 4 heterocycles. The summed E-state index contributed by atoms with van der Waals surface area (Å²) in [7, 11) is 0. The molecule has 2 amide bonds. The molecule has 29 heavy (non-hydrogen) atoms. The summed E-state index contributed by atoms with van der Waals surface area (Å²) in [6, 6.07) is 11.6. The summed E-state index contributed by atoms with van der Waals surface area (Å²) >= 11 is 1.70. The number of amides is 2. The van der Waals surface area contributed by atoms with Crippen LogP contribution in [0.3, 0.4) is 0 Å². The van der Waals surface area contributed by atoms with Gasteiger partial charge >= 0.3 is 0 Å². The zero-order valence-electron chi connectivity index (χ0n) is 16.1. The van der Waals surface area contributed by atoms with Crippen LogP contribution in [0.15, 0.2) is 47.1 Å². The standard InChI is InChI=1S/C22H23N3O3S/c26-21(15-9-12-24(13-10-15)22(27)18-7-4-14-28-18)25-11-3-6-17(25)20-23-16-5-1-2-8-19(16)29-20/h1-2,4-5,7-8,14-15,17H,3,6,9-13H2/t17-/m1/s1. The number of para-hydroxylation sites is 1. The van der Waals surface area contributed by atoms with Gasteiger partial charge < -0.3 is 14.2 Å². The van der Waals surface area contributed by atoms with Crippen LogP contribution in [0.25, 0.3) is 10.2 Å². The van der Waals surface area contributed by atoms with Crippen LogP contribution in [0.5, 0.6) is 0 Å². The van der Waals surface area contributed by atoms with Gasteiger partial charge in [0.15, 0.2) is 5.76 Å². The fourth-order valence-electron chi connectivity index (χ4n) is 4.44. The van der Waals surface area contributed by atoms with Gasteiger partial charge in [-0.3, -0.25) is 9.59 Å². The Balaban J connectivity index is 1.26. The molecule has 2 aliphatic rings. The third-order valence-corrected chi connectivity index (χ3v) is 7.13. The molecule has 0 aliphatic carbocycles. The number of carbonyl (C=O) groups is 2. The number of hydrogen-bond acceptors (Lipinski definition) is 5. The second-order valence-electron chi connectivity index (χ2n) is 7.75. The first-order valence-electron chi connectivity index (χ1n) is 10.2. The van der Waals surface area contributed by atoms with Gasteiger partial charge in [-0.25, -0.2) is 4.98 Å². The molecule has 1 aromatic carbocycles. The second kappa shape index (κ2) is 7.63. The summed E-state index contributed by atoms with van der Waals surface area (Å²) in [6.07, 6.45) is 4.91. The minimum Gasteiger partial charge on any atom is -0.459 e. The first-order valence-corrected chi connectivity index (χ1v) is 11.0. The molecule has 6 nitrogen and oxygen atoms in total. The minimum atomic E-state index is -0.0885. The van der Waals surface area contributed by atoms with E-state index >= 15 is 0 Å². The number of aromatic nitrogens is 1. The highest BCUT2D eigenvalue weighted by molar-refractivity contribution is 7.18. The Hall–Kier alpha value is -2.67. The molecule has 0 unspecified atom stereocenters. The number of piperidine rings is 1. The van der Waals surface area contributed by atoms with E-state index in [9.17, 15) is 9.59 Å². The summed E-state index contributed by atoms with van der Waals surface area (Å²) in [5, 5.41) is 1.04. The van der Waals surface area contributed by atoms with E-state index in [1.54, 1.807) is 28.4 Å². The van der Waals surface area contributed by atoms with E-state index in [1.165, 1.54) is 11.0 Å². The van der Waals surface area contributed by atoms with E-state index in [2.05, 4.69) is 6.07 Å². The zero-order chi connectivity index (χ0) is 19.8. The van der Waals surface area contributed by atoms with Gasteiger partial charge in [0.1, 0.15) is 5.01 Å². The van der Waals surface area contributed by atoms with E-state index < -0.39 is 0 Å². The highest BCUT2D eigenvalue weighted by Gasteiger charge is 2.37. The molecule has 2 aromatic heterocycles. The molecule has 0 N–H and O–H groups in total. The predicted octanol–water partition coefficient (Wildman–Crippen LogP) is 4.11. The number of furan rings is 1. The molecule has 0 bridgehead atoms. The van der Waals surface area contributed by atoms with E-state index in [4.69, 9.17) is 9.40 Å². The van der Waals surface area contributed by atoms with Crippen molar-refractivity contribution < 1.29 is 14.0 Å². The van der Waals surface area contributed by atoms with Crippen LogP contribution in [0, 0.1) is 5.92 Å². The van der Waals surface area contributed by atoms with Crippen molar-refractivity contribution >= 4 is 33.4 Å². The van der Waals surface area contributed by atoms with Gasteiger partial charge in [-0.05, 0) is 49.9 Å². The van der Waals surface area contributed by atoms with Crippen molar-refractivity contribution in [2.24, 2.45) is 5.92 Å². The number of nitrogens with zero attached hydrogens (tertiary/aromatic N) is 3. The van der Waals surface area contributed by atoms with Gasteiger partial charge in [0.25, 0.3) is 5.91 Å². The van der Waals surface area contributed by atoms with Crippen molar-refractivity contribution in [2.45, 2.75) is 31.7 Å². The van der Waals surface area contributed by atoms with Gasteiger partial charge in [-0.1, -0.05) is 12.1 Å². The minimum absolute atomic E-state index is 0.0226. The number of benzene rings is 1. The molecular weight excluding hydrogens is 386 g/mol. The van der Waals surface area contributed by atoms with E-state index in [0.717, 1.165) is 29.9 Å². The van der Waals surface area contributed by atoms with Crippen LogP contribution in [0.2, 0.25) is 0 Å². The summed E-state index contributed by atoms with van der Waals surface area (Å²) in [4.78, 5) is 34.4. The highest BCUT2D eigenvalue weighted by Crippen LogP contribution is 2.38. The normalized spacial score (nSPS) is 20.5. The number of rotatable bonds is 3. The highest BCUT2D eigenvalue weighted by atomic mass is 32.1. The lowest BCUT2D eigenvalue weighted by Crippen LogP contribution is -2.44. The maximum Gasteiger partial charge on any atom is 0.289 e. The molecule has 7 heteroatoms. The number of likely N-dealkylation sites (tertiary alicyclic amines) is 2. The number of fused-ring (bicyclic) bond motifs is 1. The Bertz CT molecular complexity index is 988. The van der Waals surface area contributed by atoms with Crippen molar-refractivity contribution in [3.05, 3.63) is 53.4 Å². The lowest BCUT2D eigenvalue weighted by Gasteiger charge is -2.34. The summed E-state index contributed by atoms with van der Waals surface area (Å²) in [5.41, 5.74) is 1.01. The fraction of sp³-hybridized carbons (Fsp3) is 0.409. The molecule has 1 atom stereocenters. The average Bonchev–Trinajstić information content (AvgIpc) is 3.52. The third kappa shape index (κ3) is 3.44. The maximum atomic E-state index is 13.3. The summed E-state index contributed by atoms with van der Waals surface area (Å²) < 4.78 is 6.39. The largest absolute Gasteiger partial charge is 0.459 e. The molecule has 3 aromatic rings. The van der Waals surface area contributed by atoms with E-state index in [0.29, 0.717) is 31.7 Å². The molecule has 0 radical (unpaired) electrons. The Morgan fingerprint density at radius 2 is 1.86 bits per heavy atom. The van der Waals surface area contributed by atoms with Crippen LogP contribution in [0.4, 0.5) is 0 Å². The van der Waals surface area contributed by atoms with Gasteiger partial charge in [0.05, 0.1) is 22.5 Å². The van der Waals surface area contributed by atoms with Crippen LogP contribution in [-0.2, 0) is 4.79 Å². The summed E-state index contributed by atoms with van der Waals surface area (Å²) in [5.74, 6) is 0.474. The zero-order valence-corrected chi connectivity index (χ0v) is 16.9. The summed E-state index contributed by atoms with van der Waals surface area (Å²) in [6.45, 7) is 1.98. The number of carbonyl (C=O) groups excluding carboxylic acids is 2. The molecule has 0 spiro atoms. The van der Waals surface area contributed by atoms with Crippen LogP contribution in [-0.4, -0.2) is 46.2 Å². The fourth-order valence-corrected chi connectivity index (χ4v) is 5.56. The maximum absolute atomic E-state index is 13.3. The predicted molar refractivity (Wildman–Crippen MR) is 111 cm³/mol. The van der Waals surface area contributed by atoms with Crippen molar-refractivity contribution in [2.75, 3.05) is 19.6 Å². The quantitative estimate of drug-likeness (QED) is 0.653. The average molecular weight is 410 g/mol. The molecule has 2 saturated heterocycles. The molecular formula is C22H23N3O3S. The van der Waals surface area contributed by atoms with Gasteiger partial charge in [-0.15, -0.1) is 11.3 Å². The van der Waals surface area contributed by atoms with Crippen molar-refractivity contribution in [1.82, 2.24) is 14.8 Å². The second-order valence-corrected chi connectivity index (χ2v) is 8.82. The molecule has 5 rings (SSSR count). The first-order chi connectivity index (χ1) is 14.2. The Labute approximate surface area is 173 Å². The topological polar surface area (TPSA) is 66.7 Å². The first kappa shape index (κ1) is 18.4. The van der Waals surface area contributed by atoms with Crippen molar-refractivity contribution in [1.29, 1.82) is 0 Å². The lowest BCUT2D eigenvalue weighted by molar-refractivity contribution is -0.137. The van der Waals surface area contributed by atoms with Crippen LogP contribution in [0.1, 0.15) is 47.3 Å². The van der Waals surface area contributed by atoms with E-state index in [-0.39, 0.29) is 23.8 Å². The van der Waals surface area contributed by atoms with Crippen LogP contribution >= 0.6 is 11.3 Å².